The van der Waals surface area contributed by atoms with Crippen LogP contribution in [0.15, 0.2) is 22.6 Å². The quantitative estimate of drug-likeness (QED) is 0.711. The van der Waals surface area contributed by atoms with Crippen LogP contribution in [0.1, 0.15) is 23.0 Å². The number of furan rings is 1. The molecule has 26 heavy (non-hydrogen) atoms. The Kier molecular flexibility index (Phi) is 5.17. The molecular weight excluding hydrogens is 357 g/mol. The van der Waals surface area contributed by atoms with Gasteiger partial charge in [-0.1, -0.05) is 0 Å². The monoisotopic (exact) mass is 374 g/mol. The van der Waals surface area contributed by atoms with Crippen LogP contribution in [0, 0.1) is 6.92 Å². The van der Waals surface area contributed by atoms with E-state index in [0.29, 0.717) is 0 Å². The summed E-state index contributed by atoms with van der Waals surface area (Å²) in [5.41, 5.74) is 3.71. The predicted molar refractivity (Wildman–Crippen MR) is 84.7 cm³/mol. The Morgan fingerprint density at radius 1 is 1.35 bits per heavy atom. The molecule has 2 amide bonds. The van der Waals surface area contributed by atoms with E-state index in [4.69, 9.17) is 10.2 Å². The van der Waals surface area contributed by atoms with Crippen molar-refractivity contribution >= 4 is 22.8 Å². The molecule has 0 aliphatic rings. The van der Waals surface area contributed by atoms with Crippen LogP contribution in [0.25, 0.3) is 11.0 Å². The summed E-state index contributed by atoms with van der Waals surface area (Å²) in [4.78, 5) is 24.0. The van der Waals surface area contributed by atoms with Gasteiger partial charge in [-0.25, -0.2) is 0 Å². The first-order chi connectivity index (χ1) is 12.0. The lowest BCUT2D eigenvalue weighted by atomic mass is 10.0. The summed E-state index contributed by atoms with van der Waals surface area (Å²) in [6, 6.07) is 3.87. The first-order valence-corrected chi connectivity index (χ1v) is 7.43. The molecule has 142 valence electrons. The van der Waals surface area contributed by atoms with Gasteiger partial charge in [0, 0.05) is 5.39 Å². The first kappa shape index (κ1) is 19.6. The number of nitrogens with one attached hydrogen (secondary N) is 1. The van der Waals surface area contributed by atoms with Crippen molar-refractivity contribution in [3.05, 3.63) is 29.5 Å². The molecule has 2 aromatic rings. The zero-order valence-corrected chi connectivity index (χ0v) is 13.9. The summed E-state index contributed by atoms with van der Waals surface area (Å²) in [7, 11) is 0. The number of halogens is 3. The maximum atomic E-state index is 12.5. The fourth-order valence-electron chi connectivity index (χ4n) is 2.23. The normalized spacial score (nSPS) is 14.1. The summed E-state index contributed by atoms with van der Waals surface area (Å²) >= 11 is 0. The third-order valence-corrected chi connectivity index (χ3v) is 3.71. The van der Waals surface area contributed by atoms with E-state index in [-0.39, 0.29) is 28.0 Å². The second-order valence-electron chi connectivity index (χ2n) is 5.90. The summed E-state index contributed by atoms with van der Waals surface area (Å²) < 4.78 is 47.0. The standard InChI is InChI=1S/C16H17F3N2O5/c1-8-12(13(23)21-15(2,6-22)14(20)24)10-5-9(3-4-11(10)26-8)25-7-16(17,18)19/h3-5,22H,6-7H2,1-2H3,(H2,20,24)(H,21,23). The van der Waals surface area contributed by atoms with E-state index < -0.39 is 36.7 Å². The van der Waals surface area contributed by atoms with Gasteiger partial charge in [-0.15, -0.1) is 0 Å². The van der Waals surface area contributed by atoms with E-state index in [1.165, 1.54) is 32.0 Å². The van der Waals surface area contributed by atoms with E-state index in [9.17, 15) is 27.9 Å². The molecule has 0 bridgehead atoms. The van der Waals surface area contributed by atoms with Crippen molar-refractivity contribution < 1.29 is 37.0 Å². The first-order valence-electron chi connectivity index (χ1n) is 7.43. The molecule has 7 nitrogen and oxygen atoms in total. The average Bonchev–Trinajstić information content (AvgIpc) is 2.86. The summed E-state index contributed by atoms with van der Waals surface area (Å²) in [5, 5.41) is 11.8. The van der Waals surface area contributed by atoms with E-state index in [0.717, 1.165) is 0 Å². The Morgan fingerprint density at radius 3 is 2.54 bits per heavy atom. The van der Waals surface area contributed by atoms with Gasteiger partial charge in [-0.3, -0.25) is 9.59 Å². The highest BCUT2D eigenvalue weighted by atomic mass is 19.4. The number of hydrogen-bond acceptors (Lipinski definition) is 5. The molecule has 0 radical (unpaired) electrons. The Balaban J connectivity index is 2.38. The van der Waals surface area contributed by atoms with Crippen molar-refractivity contribution in [3.63, 3.8) is 0 Å². The van der Waals surface area contributed by atoms with Crippen LogP contribution in [-0.4, -0.2) is 41.8 Å². The number of primary amides is 1. The molecule has 0 saturated heterocycles. The van der Waals surface area contributed by atoms with Crippen molar-refractivity contribution in [1.29, 1.82) is 0 Å². The van der Waals surface area contributed by atoms with Gasteiger partial charge in [0.2, 0.25) is 5.91 Å². The van der Waals surface area contributed by atoms with Crippen LogP contribution in [0.5, 0.6) is 5.75 Å². The molecule has 1 aromatic carbocycles. The van der Waals surface area contributed by atoms with Gasteiger partial charge in [0.25, 0.3) is 5.91 Å². The molecule has 0 aliphatic heterocycles. The maximum Gasteiger partial charge on any atom is 0.422 e. The number of carbonyl (C=O) groups excluding carboxylic acids is 2. The van der Waals surface area contributed by atoms with Crippen molar-refractivity contribution in [2.45, 2.75) is 25.6 Å². The second kappa shape index (κ2) is 6.87. The number of aliphatic hydroxyl groups is 1. The number of nitrogens with two attached hydrogens (primary N) is 1. The minimum absolute atomic E-state index is 0.00150. The zero-order chi connectivity index (χ0) is 19.7. The van der Waals surface area contributed by atoms with E-state index in [1.54, 1.807) is 0 Å². The molecular formula is C16H17F3N2O5. The maximum absolute atomic E-state index is 12.5. The lowest BCUT2D eigenvalue weighted by molar-refractivity contribution is -0.153. The third kappa shape index (κ3) is 4.07. The van der Waals surface area contributed by atoms with Crippen LogP contribution in [-0.2, 0) is 4.79 Å². The average molecular weight is 374 g/mol. The molecule has 0 fully saturated rings. The number of ether oxygens (including phenoxy) is 1. The topological polar surface area (TPSA) is 115 Å². The van der Waals surface area contributed by atoms with Crippen molar-refractivity contribution in [3.8, 4) is 5.75 Å². The summed E-state index contributed by atoms with van der Waals surface area (Å²) in [6.45, 7) is 0.498. The highest BCUT2D eigenvalue weighted by molar-refractivity contribution is 6.09. The Morgan fingerprint density at radius 2 is 2.00 bits per heavy atom. The Hall–Kier alpha value is -2.75. The predicted octanol–water partition coefficient (Wildman–Crippen LogP) is 1.65. The highest BCUT2D eigenvalue weighted by Crippen LogP contribution is 2.30. The molecule has 1 unspecified atom stereocenters. The lowest BCUT2D eigenvalue weighted by Crippen LogP contribution is -2.57. The number of alkyl halides is 3. The number of carbonyl (C=O) groups is 2. The van der Waals surface area contributed by atoms with E-state index in [1.807, 2.05) is 0 Å². The lowest BCUT2D eigenvalue weighted by Gasteiger charge is -2.24. The minimum atomic E-state index is -4.51. The molecule has 4 N–H and O–H groups in total. The van der Waals surface area contributed by atoms with Gasteiger partial charge in [-0.2, -0.15) is 13.2 Å². The molecule has 10 heteroatoms. The number of amides is 2. The third-order valence-electron chi connectivity index (χ3n) is 3.71. The fourth-order valence-corrected chi connectivity index (χ4v) is 2.23. The molecule has 0 spiro atoms. The number of aliphatic hydroxyl groups excluding tert-OH is 1. The number of hydrogen-bond donors (Lipinski definition) is 3. The second-order valence-corrected chi connectivity index (χ2v) is 5.90. The molecule has 0 aliphatic carbocycles. The van der Waals surface area contributed by atoms with Crippen molar-refractivity contribution in [1.82, 2.24) is 5.32 Å². The smallest absolute Gasteiger partial charge is 0.422 e. The van der Waals surface area contributed by atoms with Gasteiger partial charge < -0.3 is 25.3 Å². The van der Waals surface area contributed by atoms with Gasteiger partial charge in [0.1, 0.15) is 22.6 Å². The van der Waals surface area contributed by atoms with Crippen LogP contribution < -0.4 is 15.8 Å². The Labute approximate surface area is 145 Å². The molecule has 1 atom stereocenters. The van der Waals surface area contributed by atoms with Gasteiger partial charge in [0.05, 0.1) is 12.2 Å². The summed E-state index contributed by atoms with van der Waals surface area (Å²) in [6.07, 6.45) is -4.51. The van der Waals surface area contributed by atoms with Gasteiger partial charge in [-0.05, 0) is 32.0 Å². The minimum Gasteiger partial charge on any atom is -0.484 e. The molecule has 0 saturated carbocycles. The highest BCUT2D eigenvalue weighted by Gasteiger charge is 2.34. The molecule has 2 rings (SSSR count). The SMILES string of the molecule is Cc1oc2ccc(OCC(F)(F)F)cc2c1C(=O)NC(C)(CO)C(N)=O. The van der Waals surface area contributed by atoms with Crippen LogP contribution in [0.2, 0.25) is 0 Å². The number of benzene rings is 1. The summed E-state index contributed by atoms with van der Waals surface area (Å²) in [5.74, 6) is -1.66. The van der Waals surface area contributed by atoms with Crippen molar-refractivity contribution in [2.75, 3.05) is 13.2 Å². The zero-order valence-electron chi connectivity index (χ0n) is 13.9. The van der Waals surface area contributed by atoms with Crippen LogP contribution in [0.3, 0.4) is 0 Å². The van der Waals surface area contributed by atoms with Crippen LogP contribution in [0.4, 0.5) is 13.2 Å². The number of aryl methyl sites for hydroxylation is 1. The number of rotatable bonds is 6. The Bertz CT molecular complexity index is 846. The van der Waals surface area contributed by atoms with Gasteiger partial charge in [0.15, 0.2) is 6.61 Å². The van der Waals surface area contributed by atoms with E-state index >= 15 is 0 Å². The number of fused-ring (bicyclic) bond motifs is 1. The van der Waals surface area contributed by atoms with Crippen LogP contribution >= 0.6 is 0 Å². The fraction of sp³-hybridized carbons (Fsp3) is 0.375. The largest absolute Gasteiger partial charge is 0.484 e. The van der Waals surface area contributed by atoms with Crippen molar-refractivity contribution in [2.24, 2.45) is 5.73 Å². The van der Waals surface area contributed by atoms with Gasteiger partial charge >= 0.3 is 6.18 Å². The molecule has 1 heterocycles. The van der Waals surface area contributed by atoms with E-state index in [2.05, 4.69) is 10.1 Å². The molecule has 1 aromatic heterocycles.